The van der Waals surface area contributed by atoms with E-state index in [4.69, 9.17) is 4.98 Å². The summed E-state index contributed by atoms with van der Waals surface area (Å²) in [7, 11) is 0. The van der Waals surface area contributed by atoms with E-state index < -0.39 is 5.54 Å². The third-order valence-electron chi connectivity index (χ3n) is 4.84. The van der Waals surface area contributed by atoms with E-state index in [-0.39, 0.29) is 0 Å². The first kappa shape index (κ1) is 18.6. The predicted molar refractivity (Wildman–Crippen MR) is 103 cm³/mol. The van der Waals surface area contributed by atoms with Gasteiger partial charge >= 0.3 is 0 Å². The molecule has 0 amide bonds. The Kier molecular flexibility index (Phi) is 4.72. The topological polar surface area (TPSA) is 103 Å². The summed E-state index contributed by atoms with van der Waals surface area (Å²) in [5.41, 5.74) is 4.47. The highest BCUT2D eigenvalue weighted by Crippen LogP contribution is 2.32. The standard InChI is InChI=1S/C20H23N7/c1-6-23-19-18-14(10-21)7-8-16(18)24-17(25-19)9-15-12(2)26-27(13(15)3)20(4,5)11-22/h7H,6,8-9H2,1-5H3,(H,23,24,25). The number of nitriles is 2. The Hall–Kier alpha value is -3.19. The Morgan fingerprint density at radius 3 is 2.63 bits per heavy atom. The third-order valence-corrected chi connectivity index (χ3v) is 4.84. The molecule has 0 atom stereocenters. The van der Waals surface area contributed by atoms with E-state index in [1.807, 2.05) is 40.7 Å². The summed E-state index contributed by atoms with van der Waals surface area (Å²) in [4.78, 5) is 9.39. The van der Waals surface area contributed by atoms with Crippen LogP contribution in [-0.2, 0) is 18.4 Å². The van der Waals surface area contributed by atoms with Crippen molar-refractivity contribution < 1.29 is 0 Å². The second-order valence-electron chi connectivity index (χ2n) is 7.18. The first-order chi connectivity index (χ1) is 12.8. The zero-order valence-electron chi connectivity index (χ0n) is 16.4. The molecule has 0 spiro atoms. The van der Waals surface area contributed by atoms with Gasteiger partial charge in [-0.15, -0.1) is 0 Å². The molecular formula is C20H23N7. The van der Waals surface area contributed by atoms with Crippen LogP contribution in [0, 0.1) is 36.5 Å². The van der Waals surface area contributed by atoms with Crippen LogP contribution in [0.4, 0.5) is 5.82 Å². The molecule has 7 nitrogen and oxygen atoms in total. The summed E-state index contributed by atoms with van der Waals surface area (Å²) in [6.07, 6.45) is 3.07. The number of allylic oxidation sites excluding steroid dienone is 2. The Morgan fingerprint density at radius 1 is 1.26 bits per heavy atom. The van der Waals surface area contributed by atoms with Gasteiger partial charge in [-0.1, -0.05) is 6.08 Å². The molecule has 1 aliphatic rings. The highest BCUT2D eigenvalue weighted by Gasteiger charge is 2.27. The van der Waals surface area contributed by atoms with Crippen LogP contribution in [0.2, 0.25) is 0 Å². The van der Waals surface area contributed by atoms with Crippen LogP contribution in [0.5, 0.6) is 0 Å². The maximum absolute atomic E-state index is 9.44. The number of hydrogen-bond donors (Lipinski definition) is 1. The molecule has 1 N–H and O–H groups in total. The van der Waals surface area contributed by atoms with E-state index in [9.17, 15) is 10.5 Å². The van der Waals surface area contributed by atoms with Gasteiger partial charge in [0.05, 0.1) is 34.7 Å². The Morgan fingerprint density at radius 2 is 2.00 bits per heavy atom. The molecule has 0 aliphatic heterocycles. The number of hydrogen-bond acceptors (Lipinski definition) is 6. The highest BCUT2D eigenvalue weighted by atomic mass is 15.3. The summed E-state index contributed by atoms with van der Waals surface area (Å²) >= 11 is 0. The summed E-state index contributed by atoms with van der Waals surface area (Å²) in [6.45, 7) is 10.3. The average molecular weight is 361 g/mol. The zero-order valence-corrected chi connectivity index (χ0v) is 16.4. The summed E-state index contributed by atoms with van der Waals surface area (Å²) in [5.74, 6) is 1.40. The summed E-state index contributed by atoms with van der Waals surface area (Å²) in [6, 6.07) is 4.53. The van der Waals surface area contributed by atoms with Crippen molar-refractivity contribution in [1.82, 2.24) is 19.7 Å². The van der Waals surface area contributed by atoms with Crippen LogP contribution in [-0.4, -0.2) is 26.3 Å². The van der Waals surface area contributed by atoms with E-state index >= 15 is 0 Å². The minimum atomic E-state index is -0.716. The summed E-state index contributed by atoms with van der Waals surface area (Å²) in [5, 5.41) is 26.6. The van der Waals surface area contributed by atoms with Gasteiger partial charge in [0.1, 0.15) is 17.2 Å². The quantitative estimate of drug-likeness (QED) is 0.878. The van der Waals surface area contributed by atoms with Crippen LogP contribution in [0.15, 0.2) is 6.08 Å². The van der Waals surface area contributed by atoms with Crippen molar-refractivity contribution in [2.24, 2.45) is 0 Å². The normalized spacial score (nSPS) is 12.9. The SMILES string of the molecule is CCNc1nc(Cc2c(C)nn(C(C)(C)C#N)c2C)nc2c1C(C#N)=CC2. The first-order valence-corrected chi connectivity index (χ1v) is 9.03. The molecule has 27 heavy (non-hydrogen) atoms. The molecule has 2 heterocycles. The number of nitrogens with zero attached hydrogens (tertiary/aromatic N) is 6. The van der Waals surface area contributed by atoms with E-state index in [1.165, 1.54) is 0 Å². The molecule has 3 rings (SSSR count). The molecule has 7 heteroatoms. The van der Waals surface area contributed by atoms with Crippen molar-refractivity contribution in [3.05, 3.63) is 40.1 Å². The Balaban J connectivity index is 2.03. The van der Waals surface area contributed by atoms with Crippen LogP contribution in [0.3, 0.4) is 0 Å². The lowest BCUT2D eigenvalue weighted by molar-refractivity contribution is 0.407. The minimum Gasteiger partial charge on any atom is -0.370 e. The fraction of sp³-hybridized carbons (Fsp3) is 0.450. The van der Waals surface area contributed by atoms with Gasteiger partial charge in [0.2, 0.25) is 0 Å². The van der Waals surface area contributed by atoms with Gasteiger partial charge in [-0.3, -0.25) is 0 Å². The third kappa shape index (κ3) is 3.17. The number of aromatic nitrogens is 4. The van der Waals surface area contributed by atoms with E-state index in [0.29, 0.717) is 36.6 Å². The molecule has 1 aliphatic carbocycles. The number of fused-ring (bicyclic) bond motifs is 1. The number of nitrogens with one attached hydrogen (secondary N) is 1. The van der Waals surface area contributed by atoms with Gasteiger partial charge in [-0.25, -0.2) is 14.6 Å². The fourth-order valence-corrected chi connectivity index (χ4v) is 3.45. The van der Waals surface area contributed by atoms with Gasteiger partial charge < -0.3 is 5.32 Å². The zero-order chi connectivity index (χ0) is 19.8. The van der Waals surface area contributed by atoms with Gasteiger partial charge in [0.15, 0.2) is 0 Å². The summed E-state index contributed by atoms with van der Waals surface area (Å²) < 4.78 is 1.77. The van der Waals surface area contributed by atoms with E-state index in [1.54, 1.807) is 4.68 Å². The molecule has 0 radical (unpaired) electrons. The molecule has 2 aromatic heterocycles. The van der Waals surface area contributed by atoms with Gasteiger partial charge in [0.25, 0.3) is 0 Å². The lowest BCUT2D eigenvalue weighted by Gasteiger charge is -2.18. The van der Waals surface area contributed by atoms with E-state index in [0.717, 1.165) is 28.2 Å². The van der Waals surface area contributed by atoms with Crippen molar-refractivity contribution in [1.29, 1.82) is 10.5 Å². The number of anilines is 1. The largest absolute Gasteiger partial charge is 0.370 e. The molecule has 0 aromatic carbocycles. The predicted octanol–water partition coefficient (Wildman–Crippen LogP) is 3.03. The maximum Gasteiger partial charge on any atom is 0.143 e. The monoisotopic (exact) mass is 361 g/mol. The molecule has 0 fully saturated rings. The fourth-order valence-electron chi connectivity index (χ4n) is 3.45. The highest BCUT2D eigenvalue weighted by molar-refractivity contribution is 5.87. The van der Waals surface area contributed by atoms with Crippen molar-refractivity contribution in [3.8, 4) is 12.1 Å². The minimum absolute atomic E-state index is 0.534. The van der Waals surface area contributed by atoms with Crippen LogP contribution in [0.25, 0.3) is 5.57 Å². The van der Waals surface area contributed by atoms with Crippen LogP contribution < -0.4 is 5.32 Å². The van der Waals surface area contributed by atoms with Gasteiger partial charge in [-0.05, 0) is 34.6 Å². The van der Waals surface area contributed by atoms with Crippen molar-refractivity contribution in [2.75, 3.05) is 11.9 Å². The molecule has 2 aromatic rings. The molecule has 0 unspecified atom stereocenters. The molecular weight excluding hydrogens is 338 g/mol. The second-order valence-corrected chi connectivity index (χ2v) is 7.18. The van der Waals surface area contributed by atoms with Crippen LogP contribution >= 0.6 is 0 Å². The molecule has 0 saturated carbocycles. The second kappa shape index (κ2) is 6.85. The lowest BCUT2D eigenvalue weighted by Crippen LogP contribution is -2.26. The maximum atomic E-state index is 9.44. The number of aryl methyl sites for hydroxylation is 1. The molecule has 0 bridgehead atoms. The van der Waals surface area contributed by atoms with Gasteiger partial charge in [0, 0.05) is 30.6 Å². The van der Waals surface area contributed by atoms with Crippen LogP contribution in [0.1, 0.15) is 54.8 Å². The van der Waals surface area contributed by atoms with Gasteiger partial charge in [-0.2, -0.15) is 15.6 Å². The first-order valence-electron chi connectivity index (χ1n) is 9.03. The van der Waals surface area contributed by atoms with Crippen molar-refractivity contribution >= 4 is 11.4 Å². The lowest BCUT2D eigenvalue weighted by atomic mass is 10.1. The Bertz CT molecular complexity index is 1010. The molecule has 0 saturated heterocycles. The smallest absolute Gasteiger partial charge is 0.143 e. The Labute approximate surface area is 159 Å². The molecule has 138 valence electrons. The van der Waals surface area contributed by atoms with Crippen molar-refractivity contribution in [3.63, 3.8) is 0 Å². The van der Waals surface area contributed by atoms with Crippen molar-refractivity contribution in [2.45, 2.75) is 53.0 Å². The average Bonchev–Trinajstić information content (AvgIpc) is 3.18. The number of rotatable bonds is 5. The van der Waals surface area contributed by atoms with E-state index in [2.05, 4.69) is 27.5 Å².